The highest BCUT2D eigenvalue weighted by molar-refractivity contribution is 6.30. The first kappa shape index (κ1) is 17.3. The smallest absolute Gasteiger partial charge is 0.204 e. The lowest BCUT2D eigenvalue weighted by Crippen LogP contribution is -1.93. The van der Waals surface area contributed by atoms with Crippen LogP contribution in [0.2, 0.25) is 5.02 Å². The van der Waals surface area contributed by atoms with Crippen LogP contribution in [0.15, 0.2) is 79.0 Å². The SMILES string of the molecule is Clc1cccc(Nc2ccnc3ccc(-c4cccc(-c5nn[nH]n5)c4)cc23)c1. The van der Waals surface area contributed by atoms with E-state index in [-0.39, 0.29) is 0 Å². The average Bonchev–Trinajstić information content (AvgIpc) is 3.29. The molecule has 0 atom stereocenters. The third kappa shape index (κ3) is 3.53. The second kappa shape index (κ2) is 7.33. The molecule has 0 fully saturated rings. The molecule has 0 aliphatic carbocycles. The summed E-state index contributed by atoms with van der Waals surface area (Å²) in [4.78, 5) is 4.50. The predicted molar refractivity (Wildman–Crippen MR) is 115 cm³/mol. The van der Waals surface area contributed by atoms with Crippen molar-refractivity contribution in [2.45, 2.75) is 0 Å². The van der Waals surface area contributed by atoms with E-state index in [4.69, 9.17) is 11.6 Å². The number of aromatic nitrogens is 5. The Hall–Kier alpha value is -3.77. The molecule has 0 amide bonds. The van der Waals surface area contributed by atoms with Crippen LogP contribution in [-0.2, 0) is 0 Å². The molecule has 5 aromatic rings. The Morgan fingerprint density at radius 1 is 0.828 bits per heavy atom. The third-order valence-electron chi connectivity index (χ3n) is 4.64. The minimum Gasteiger partial charge on any atom is -0.355 e. The lowest BCUT2D eigenvalue weighted by molar-refractivity contribution is 0.881. The van der Waals surface area contributed by atoms with Gasteiger partial charge in [0.2, 0.25) is 5.82 Å². The molecule has 0 unspecified atom stereocenters. The lowest BCUT2D eigenvalue weighted by atomic mass is 10.0. The van der Waals surface area contributed by atoms with Gasteiger partial charge in [-0.25, -0.2) is 0 Å². The normalized spacial score (nSPS) is 10.9. The summed E-state index contributed by atoms with van der Waals surface area (Å²) in [5.74, 6) is 0.567. The van der Waals surface area contributed by atoms with E-state index >= 15 is 0 Å². The molecule has 140 valence electrons. The summed E-state index contributed by atoms with van der Waals surface area (Å²) in [5.41, 5.74) is 5.84. The van der Waals surface area contributed by atoms with E-state index in [9.17, 15) is 0 Å². The number of aromatic amines is 1. The average molecular weight is 399 g/mol. The maximum atomic E-state index is 6.12. The van der Waals surface area contributed by atoms with Gasteiger partial charge in [-0.1, -0.05) is 41.9 Å². The Morgan fingerprint density at radius 3 is 2.55 bits per heavy atom. The third-order valence-corrected chi connectivity index (χ3v) is 4.88. The van der Waals surface area contributed by atoms with Crippen LogP contribution in [0.1, 0.15) is 0 Å². The molecular weight excluding hydrogens is 384 g/mol. The van der Waals surface area contributed by atoms with Gasteiger partial charge in [-0.3, -0.25) is 4.98 Å². The van der Waals surface area contributed by atoms with Crippen LogP contribution < -0.4 is 5.32 Å². The van der Waals surface area contributed by atoms with Gasteiger partial charge in [0.15, 0.2) is 0 Å². The molecule has 2 N–H and O–H groups in total. The maximum Gasteiger partial charge on any atom is 0.204 e. The Kier molecular flexibility index (Phi) is 4.38. The number of benzene rings is 3. The molecule has 0 spiro atoms. The molecule has 29 heavy (non-hydrogen) atoms. The van der Waals surface area contributed by atoms with Crippen molar-refractivity contribution in [2.24, 2.45) is 0 Å². The van der Waals surface area contributed by atoms with Crippen LogP contribution in [0.3, 0.4) is 0 Å². The van der Waals surface area contributed by atoms with Gasteiger partial charge in [0, 0.05) is 33.5 Å². The van der Waals surface area contributed by atoms with Crippen molar-refractivity contribution in [3.05, 3.63) is 84.0 Å². The van der Waals surface area contributed by atoms with Gasteiger partial charge in [0.1, 0.15) is 0 Å². The molecule has 0 aliphatic heterocycles. The van der Waals surface area contributed by atoms with Crippen molar-refractivity contribution >= 4 is 33.9 Å². The van der Waals surface area contributed by atoms with Crippen LogP contribution in [0.5, 0.6) is 0 Å². The molecule has 2 heterocycles. The summed E-state index contributed by atoms with van der Waals surface area (Å²) in [6.45, 7) is 0. The van der Waals surface area contributed by atoms with Crippen LogP contribution in [0.25, 0.3) is 33.4 Å². The molecular formula is C22H15ClN6. The molecule has 2 aromatic heterocycles. The van der Waals surface area contributed by atoms with Crippen LogP contribution >= 0.6 is 11.6 Å². The zero-order chi connectivity index (χ0) is 19.6. The number of hydrogen-bond donors (Lipinski definition) is 2. The molecule has 0 aliphatic rings. The minimum atomic E-state index is 0.567. The van der Waals surface area contributed by atoms with Gasteiger partial charge in [-0.15, -0.1) is 10.2 Å². The largest absolute Gasteiger partial charge is 0.355 e. The summed E-state index contributed by atoms with van der Waals surface area (Å²) in [6, 6.07) is 23.9. The van der Waals surface area contributed by atoms with Crippen LogP contribution in [-0.4, -0.2) is 25.6 Å². The van der Waals surface area contributed by atoms with Gasteiger partial charge in [0.05, 0.1) is 5.52 Å². The fourth-order valence-corrected chi connectivity index (χ4v) is 3.47. The zero-order valence-electron chi connectivity index (χ0n) is 15.2. The molecule has 0 bridgehead atoms. The van der Waals surface area contributed by atoms with E-state index < -0.39 is 0 Å². The number of pyridine rings is 1. The van der Waals surface area contributed by atoms with E-state index in [1.165, 1.54) is 0 Å². The van der Waals surface area contributed by atoms with Crippen molar-refractivity contribution in [3.8, 4) is 22.5 Å². The number of halogens is 1. The summed E-state index contributed by atoms with van der Waals surface area (Å²) in [7, 11) is 0. The van der Waals surface area contributed by atoms with Crippen molar-refractivity contribution in [3.63, 3.8) is 0 Å². The second-order valence-electron chi connectivity index (χ2n) is 6.54. The van der Waals surface area contributed by atoms with Gasteiger partial charge < -0.3 is 5.32 Å². The number of rotatable bonds is 4. The number of hydrogen-bond acceptors (Lipinski definition) is 5. The first-order valence-corrected chi connectivity index (χ1v) is 9.40. The summed E-state index contributed by atoms with van der Waals surface area (Å²) in [5, 5.41) is 19.4. The highest BCUT2D eigenvalue weighted by atomic mass is 35.5. The van der Waals surface area contributed by atoms with Gasteiger partial charge in [-0.05, 0) is 58.8 Å². The van der Waals surface area contributed by atoms with Crippen LogP contribution in [0, 0.1) is 0 Å². The predicted octanol–water partition coefficient (Wildman–Crippen LogP) is 5.48. The Balaban J connectivity index is 1.57. The molecule has 7 heteroatoms. The highest BCUT2D eigenvalue weighted by Gasteiger charge is 2.08. The number of anilines is 2. The molecule has 5 rings (SSSR count). The Labute approximate surface area is 171 Å². The number of tetrazole rings is 1. The van der Waals surface area contributed by atoms with E-state index in [1.807, 2.05) is 54.6 Å². The minimum absolute atomic E-state index is 0.567. The topological polar surface area (TPSA) is 79.4 Å². The van der Waals surface area contributed by atoms with Gasteiger partial charge in [0.25, 0.3) is 0 Å². The van der Waals surface area contributed by atoms with Gasteiger partial charge in [-0.2, -0.15) is 5.21 Å². The Bertz CT molecular complexity index is 1300. The lowest BCUT2D eigenvalue weighted by Gasteiger charge is -2.11. The molecule has 0 saturated heterocycles. The molecule has 6 nitrogen and oxygen atoms in total. The summed E-state index contributed by atoms with van der Waals surface area (Å²) < 4.78 is 0. The monoisotopic (exact) mass is 398 g/mol. The summed E-state index contributed by atoms with van der Waals surface area (Å²) >= 11 is 6.12. The van der Waals surface area contributed by atoms with E-state index in [0.717, 1.165) is 39.0 Å². The molecule has 3 aromatic carbocycles. The zero-order valence-corrected chi connectivity index (χ0v) is 15.9. The number of H-pyrrole nitrogens is 1. The number of fused-ring (bicyclic) bond motifs is 1. The quantitative estimate of drug-likeness (QED) is 0.419. The fourth-order valence-electron chi connectivity index (χ4n) is 3.28. The van der Waals surface area contributed by atoms with Gasteiger partial charge >= 0.3 is 0 Å². The van der Waals surface area contributed by atoms with Crippen molar-refractivity contribution in [1.29, 1.82) is 0 Å². The highest BCUT2D eigenvalue weighted by Crippen LogP contribution is 2.31. The van der Waals surface area contributed by atoms with Crippen molar-refractivity contribution < 1.29 is 0 Å². The second-order valence-corrected chi connectivity index (χ2v) is 6.98. The maximum absolute atomic E-state index is 6.12. The number of nitrogens with one attached hydrogen (secondary N) is 2. The Morgan fingerprint density at radius 2 is 1.69 bits per heavy atom. The van der Waals surface area contributed by atoms with E-state index in [1.54, 1.807) is 6.20 Å². The first-order valence-electron chi connectivity index (χ1n) is 9.02. The van der Waals surface area contributed by atoms with Crippen LogP contribution in [0.4, 0.5) is 11.4 Å². The molecule has 0 radical (unpaired) electrons. The fraction of sp³-hybridized carbons (Fsp3) is 0. The summed E-state index contributed by atoms with van der Waals surface area (Å²) in [6.07, 6.45) is 1.80. The standard InChI is InChI=1S/C22H15ClN6/c23-17-5-2-6-18(13-17)25-21-9-10-24-20-8-7-15(12-19(20)21)14-3-1-4-16(11-14)22-26-28-29-27-22/h1-13H,(H,24,25)(H,26,27,28,29). The van der Waals surface area contributed by atoms with Crippen molar-refractivity contribution in [2.75, 3.05) is 5.32 Å². The number of nitrogens with zero attached hydrogens (tertiary/aromatic N) is 4. The van der Waals surface area contributed by atoms with Crippen molar-refractivity contribution in [1.82, 2.24) is 25.6 Å². The molecule has 0 saturated carbocycles. The van der Waals surface area contributed by atoms with E-state index in [2.05, 4.69) is 49.1 Å². The first-order chi connectivity index (χ1) is 14.3. The van der Waals surface area contributed by atoms with E-state index in [0.29, 0.717) is 10.8 Å².